The Labute approximate surface area is 65.0 Å². The quantitative estimate of drug-likeness (QED) is 0.577. The van der Waals surface area contributed by atoms with Gasteiger partial charge in [0.05, 0.1) is 19.8 Å². The molecule has 0 saturated heterocycles. The Balaban J connectivity index is 2.71. The summed E-state index contributed by atoms with van der Waals surface area (Å²) in [6.45, 7) is -0.0546. The molecule has 1 aromatic rings. The maximum atomic E-state index is 8.69. The van der Waals surface area contributed by atoms with Crippen LogP contribution in [0.4, 0.5) is 0 Å². The number of aliphatic hydroxyl groups is 1. The van der Waals surface area contributed by atoms with Crippen molar-refractivity contribution in [1.29, 1.82) is 0 Å². The van der Waals surface area contributed by atoms with Crippen LogP contribution in [0.25, 0.3) is 0 Å². The Kier molecular flexibility index (Phi) is 2.51. The first-order valence-corrected chi connectivity index (χ1v) is 3.36. The van der Waals surface area contributed by atoms with Crippen molar-refractivity contribution in [3.05, 3.63) is 17.8 Å². The largest absolute Gasteiger partial charge is 0.482 e. The predicted molar refractivity (Wildman–Crippen MR) is 41.4 cm³/mol. The maximum Gasteiger partial charge on any atom is 0.190 e. The molecule has 1 aromatic heterocycles. The van der Waals surface area contributed by atoms with Crippen molar-refractivity contribution in [3.63, 3.8) is 0 Å². The van der Waals surface area contributed by atoms with E-state index in [1.807, 2.05) is 0 Å². The molecule has 62 valence electrons. The number of hydrogen-bond donors (Lipinski definition) is 3. The van der Waals surface area contributed by atoms with E-state index in [0.717, 1.165) is 5.56 Å². The summed E-state index contributed by atoms with van der Waals surface area (Å²) in [5, 5.41) is 8.69. The smallest absolute Gasteiger partial charge is 0.190 e. The van der Waals surface area contributed by atoms with Gasteiger partial charge in [-0.1, -0.05) is 0 Å². The molecule has 0 saturated carbocycles. The molecule has 4 nitrogen and oxygen atoms in total. The summed E-state index contributed by atoms with van der Waals surface area (Å²) in [5.41, 5.74) is 6.39. The SMILES string of the molecule is COc1cc([C@H](N)CO)c[nH]1. The van der Waals surface area contributed by atoms with Crippen molar-refractivity contribution >= 4 is 0 Å². The summed E-state index contributed by atoms with van der Waals surface area (Å²) in [6.07, 6.45) is 1.72. The number of rotatable bonds is 3. The van der Waals surface area contributed by atoms with E-state index in [1.165, 1.54) is 0 Å². The van der Waals surface area contributed by atoms with E-state index in [0.29, 0.717) is 5.88 Å². The Morgan fingerprint density at radius 3 is 3.00 bits per heavy atom. The van der Waals surface area contributed by atoms with Crippen LogP contribution in [0.15, 0.2) is 12.3 Å². The number of methoxy groups -OCH3 is 1. The molecule has 0 fully saturated rings. The average Bonchev–Trinajstić information content (AvgIpc) is 2.50. The molecule has 0 aliphatic rings. The summed E-state index contributed by atoms with van der Waals surface area (Å²) in [5.74, 6) is 0.656. The molecule has 0 aromatic carbocycles. The van der Waals surface area contributed by atoms with Crippen molar-refractivity contribution in [1.82, 2.24) is 4.98 Å². The van der Waals surface area contributed by atoms with Gasteiger partial charge < -0.3 is 20.6 Å². The van der Waals surface area contributed by atoms with Gasteiger partial charge in [-0.2, -0.15) is 0 Å². The lowest BCUT2D eigenvalue weighted by Gasteiger charge is -2.02. The van der Waals surface area contributed by atoms with Crippen molar-refractivity contribution in [3.8, 4) is 5.88 Å². The van der Waals surface area contributed by atoms with Crippen molar-refractivity contribution < 1.29 is 9.84 Å². The summed E-state index contributed by atoms with van der Waals surface area (Å²) in [6, 6.07) is 1.44. The van der Waals surface area contributed by atoms with E-state index >= 15 is 0 Å². The Bertz CT molecular complexity index is 222. The second kappa shape index (κ2) is 3.41. The minimum atomic E-state index is -0.324. The number of nitrogens with two attached hydrogens (primary N) is 1. The van der Waals surface area contributed by atoms with Crippen molar-refractivity contribution in [2.75, 3.05) is 13.7 Å². The van der Waals surface area contributed by atoms with Gasteiger partial charge in [0.25, 0.3) is 0 Å². The zero-order chi connectivity index (χ0) is 8.27. The van der Waals surface area contributed by atoms with Crippen LogP contribution in [0, 0.1) is 0 Å². The van der Waals surface area contributed by atoms with E-state index in [1.54, 1.807) is 19.4 Å². The topological polar surface area (TPSA) is 71.3 Å². The highest BCUT2D eigenvalue weighted by molar-refractivity contribution is 5.23. The third-order valence-corrected chi connectivity index (χ3v) is 1.52. The van der Waals surface area contributed by atoms with Crippen LogP contribution in [0.1, 0.15) is 11.6 Å². The van der Waals surface area contributed by atoms with Gasteiger partial charge in [0, 0.05) is 12.3 Å². The van der Waals surface area contributed by atoms with Crippen LogP contribution in [0.3, 0.4) is 0 Å². The zero-order valence-electron chi connectivity index (χ0n) is 6.37. The molecular formula is C7H12N2O2. The second-order valence-electron chi connectivity index (χ2n) is 2.29. The fourth-order valence-corrected chi connectivity index (χ4v) is 0.827. The highest BCUT2D eigenvalue weighted by Gasteiger charge is 2.06. The molecule has 0 bridgehead atoms. The summed E-state index contributed by atoms with van der Waals surface area (Å²) in [7, 11) is 1.57. The predicted octanol–water partition coefficient (Wildman–Crippen LogP) is 0.0154. The van der Waals surface area contributed by atoms with E-state index < -0.39 is 0 Å². The third-order valence-electron chi connectivity index (χ3n) is 1.52. The Hall–Kier alpha value is -1.00. The summed E-state index contributed by atoms with van der Waals surface area (Å²) < 4.78 is 4.90. The molecule has 0 aliphatic heterocycles. The van der Waals surface area contributed by atoms with Gasteiger partial charge in [-0.25, -0.2) is 0 Å². The molecule has 11 heavy (non-hydrogen) atoms. The molecule has 0 amide bonds. The standard InChI is InChI=1S/C7H12N2O2/c1-11-7-2-5(3-9-7)6(8)4-10/h2-3,6,9-10H,4,8H2,1H3/t6-/m1/s1. The molecule has 4 heteroatoms. The Morgan fingerprint density at radius 2 is 2.55 bits per heavy atom. The molecular weight excluding hydrogens is 144 g/mol. The van der Waals surface area contributed by atoms with Crippen LogP contribution >= 0.6 is 0 Å². The van der Waals surface area contributed by atoms with Gasteiger partial charge in [0.2, 0.25) is 0 Å². The van der Waals surface area contributed by atoms with Gasteiger partial charge in [-0.15, -0.1) is 0 Å². The first kappa shape index (κ1) is 8.10. The van der Waals surface area contributed by atoms with Crippen LogP contribution in [0.5, 0.6) is 5.88 Å². The molecule has 1 rings (SSSR count). The van der Waals surface area contributed by atoms with E-state index in [2.05, 4.69) is 4.98 Å². The number of aliphatic hydroxyl groups excluding tert-OH is 1. The average molecular weight is 156 g/mol. The van der Waals surface area contributed by atoms with Crippen molar-refractivity contribution in [2.45, 2.75) is 6.04 Å². The normalized spacial score (nSPS) is 13.0. The second-order valence-corrected chi connectivity index (χ2v) is 2.29. The lowest BCUT2D eigenvalue weighted by molar-refractivity contribution is 0.268. The first-order chi connectivity index (χ1) is 5.27. The Morgan fingerprint density at radius 1 is 1.82 bits per heavy atom. The minimum Gasteiger partial charge on any atom is -0.482 e. The van der Waals surface area contributed by atoms with Gasteiger partial charge in [0.15, 0.2) is 5.88 Å². The van der Waals surface area contributed by atoms with Gasteiger partial charge in [0.1, 0.15) is 0 Å². The highest BCUT2D eigenvalue weighted by atomic mass is 16.5. The molecule has 0 aliphatic carbocycles. The highest BCUT2D eigenvalue weighted by Crippen LogP contribution is 2.15. The number of aromatic amines is 1. The van der Waals surface area contributed by atoms with Crippen LogP contribution < -0.4 is 10.5 Å². The van der Waals surface area contributed by atoms with Crippen LogP contribution in [0.2, 0.25) is 0 Å². The zero-order valence-corrected chi connectivity index (χ0v) is 6.37. The lowest BCUT2D eigenvalue weighted by atomic mass is 10.2. The van der Waals surface area contributed by atoms with Gasteiger partial charge in [-0.05, 0) is 5.56 Å². The lowest BCUT2D eigenvalue weighted by Crippen LogP contribution is -2.13. The van der Waals surface area contributed by atoms with Gasteiger partial charge >= 0.3 is 0 Å². The number of H-pyrrole nitrogens is 1. The molecule has 0 spiro atoms. The number of hydrogen-bond acceptors (Lipinski definition) is 3. The monoisotopic (exact) mass is 156 g/mol. The number of ether oxygens (including phenoxy) is 1. The maximum absolute atomic E-state index is 8.69. The third kappa shape index (κ3) is 1.72. The molecule has 0 unspecified atom stereocenters. The van der Waals surface area contributed by atoms with E-state index in [-0.39, 0.29) is 12.6 Å². The number of aromatic nitrogens is 1. The van der Waals surface area contributed by atoms with E-state index in [9.17, 15) is 0 Å². The van der Waals surface area contributed by atoms with Gasteiger partial charge in [-0.3, -0.25) is 0 Å². The molecule has 4 N–H and O–H groups in total. The minimum absolute atomic E-state index is 0.0546. The van der Waals surface area contributed by atoms with Crippen molar-refractivity contribution in [2.24, 2.45) is 5.73 Å². The first-order valence-electron chi connectivity index (χ1n) is 3.36. The fraction of sp³-hybridized carbons (Fsp3) is 0.429. The van der Waals surface area contributed by atoms with Crippen LogP contribution in [-0.4, -0.2) is 23.8 Å². The summed E-state index contributed by atoms with van der Waals surface area (Å²) >= 11 is 0. The fourth-order valence-electron chi connectivity index (χ4n) is 0.827. The van der Waals surface area contributed by atoms with E-state index in [4.69, 9.17) is 15.6 Å². The molecule has 0 radical (unpaired) electrons. The molecule has 1 atom stereocenters. The molecule has 1 heterocycles. The van der Waals surface area contributed by atoms with Crippen LogP contribution in [-0.2, 0) is 0 Å². The number of nitrogens with one attached hydrogen (secondary N) is 1. The summed E-state index contributed by atoms with van der Waals surface area (Å²) in [4.78, 5) is 2.86.